The Morgan fingerprint density at radius 2 is 1.81 bits per heavy atom. The van der Waals surface area contributed by atoms with E-state index in [1.807, 2.05) is 6.92 Å². The third-order valence-corrected chi connectivity index (χ3v) is 2.83. The molecule has 0 fully saturated rings. The molecule has 1 N–H and O–H groups in total. The van der Waals surface area contributed by atoms with Crippen molar-refractivity contribution in [3.63, 3.8) is 0 Å². The van der Waals surface area contributed by atoms with Crippen molar-refractivity contribution in [1.29, 1.82) is 0 Å². The van der Waals surface area contributed by atoms with Crippen LogP contribution in [0.1, 0.15) is 32.8 Å². The molecule has 0 saturated carbocycles. The number of rotatable bonds is 4. The fourth-order valence-electron chi connectivity index (χ4n) is 1.70. The van der Waals surface area contributed by atoms with Crippen LogP contribution in [0.25, 0.3) is 0 Å². The van der Waals surface area contributed by atoms with Gasteiger partial charge in [0.1, 0.15) is 11.6 Å². The molecule has 3 heteroatoms. The van der Waals surface area contributed by atoms with Crippen LogP contribution in [-0.2, 0) is 0 Å². The second kappa shape index (κ2) is 5.28. The topological polar surface area (TPSA) is 12.0 Å². The molecule has 90 valence electrons. The highest BCUT2D eigenvalue weighted by Crippen LogP contribution is 2.21. The minimum Gasteiger partial charge on any atom is -0.380 e. The smallest absolute Gasteiger partial charge is 0.146 e. The lowest BCUT2D eigenvalue weighted by molar-refractivity contribution is 0.505. The van der Waals surface area contributed by atoms with E-state index in [9.17, 15) is 8.78 Å². The maximum absolute atomic E-state index is 13.6. The molecule has 16 heavy (non-hydrogen) atoms. The standard InChI is InChI=1S/C13H19F2N/c1-5-12(8(2)3)16-13-7-10(14)9(4)6-11(13)15/h6-8,12,16H,5H2,1-4H3. The molecule has 0 aromatic heterocycles. The van der Waals surface area contributed by atoms with E-state index in [1.54, 1.807) is 6.92 Å². The average molecular weight is 227 g/mol. The second-order valence-electron chi connectivity index (χ2n) is 4.48. The summed E-state index contributed by atoms with van der Waals surface area (Å²) in [6.45, 7) is 7.70. The molecule has 1 rings (SSSR count). The number of hydrogen-bond acceptors (Lipinski definition) is 1. The zero-order chi connectivity index (χ0) is 12.3. The minimum atomic E-state index is -0.391. The largest absolute Gasteiger partial charge is 0.380 e. The number of hydrogen-bond donors (Lipinski definition) is 1. The Hall–Kier alpha value is -1.12. The van der Waals surface area contributed by atoms with Crippen molar-refractivity contribution >= 4 is 5.69 Å². The monoisotopic (exact) mass is 227 g/mol. The summed E-state index contributed by atoms with van der Waals surface area (Å²) in [5.41, 5.74) is 0.587. The zero-order valence-corrected chi connectivity index (χ0v) is 10.3. The maximum Gasteiger partial charge on any atom is 0.146 e. The van der Waals surface area contributed by atoms with E-state index in [1.165, 1.54) is 12.1 Å². The van der Waals surface area contributed by atoms with Crippen LogP contribution in [-0.4, -0.2) is 6.04 Å². The first kappa shape index (κ1) is 12.9. The van der Waals surface area contributed by atoms with Crippen LogP contribution < -0.4 is 5.32 Å². The summed E-state index contributed by atoms with van der Waals surface area (Å²) in [6.07, 6.45) is 0.882. The fourth-order valence-corrected chi connectivity index (χ4v) is 1.70. The normalized spacial score (nSPS) is 12.9. The number of aryl methyl sites for hydroxylation is 1. The summed E-state index contributed by atoms with van der Waals surface area (Å²) in [5, 5.41) is 3.05. The third-order valence-electron chi connectivity index (χ3n) is 2.83. The van der Waals surface area contributed by atoms with Crippen molar-refractivity contribution in [2.24, 2.45) is 5.92 Å². The Morgan fingerprint density at radius 1 is 1.19 bits per heavy atom. The minimum absolute atomic E-state index is 0.164. The van der Waals surface area contributed by atoms with Gasteiger partial charge in [0, 0.05) is 12.1 Å². The molecule has 0 heterocycles. The predicted octanol–water partition coefficient (Wildman–Crippen LogP) is 4.12. The third kappa shape index (κ3) is 2.94. The quantitative estimate of drug-likeness (QED) is 0.815. The first-order valence-corrected chi connectivity index (χ1v) is 5.67. The Bertz CT molecular complexity index is 361. The van der Waals surface area contributed by atoms with Crippen LogP contribution >= 0.6 is 0 Å². The van der Waals surface area contributed by atoms with Gasteiger partial charge >= 0.3 is 0 Å². The highest BCUT2D eigenvalue weighted by Gasteiger charge is 2.14. The molecule has 1 unspecified atom stereocenters. The number of anilines is 1. The SMILES string of the molecule is CCC(Nc1cc(F)c(C)cc1F)C(C)C. The van der Waals surface area contributed by atoms with Crippen LogP contribution in [0.4, 0.5) is 14.5 Å². The summed E-state index contributed by atoms with van der Waals surface area (Å²) >= 11 is 0. The van der Waals surface area contributed by atoms with Crippen LogP contribution in [0.2, 0.25) is 0 Å². The average Bonchev–Trinajstić information content (AvgIpc) is 2.21. The Kier molecular flexibility index (Phi) is 4.27. The molecule has 1 aromatic rings. The molecule has 0 aliphatic heterocycles. The van der Waals surface area contributed by atoms with Crippen molar-refractivity contribution in [2.75, 3.05) is 5.32 Å². The second-order valence-corrected chi connectivity index (χ2v) is 4.48. The van der Waals surface area contributed by atoms with Crippen LogP contribution in [0.5, 0.6) is 0 Å². The zero-order valence-electron chi connectivity index (χ0n) is 10.3. The number of benzene rings is 1. The summed E-state index contributed by atoms with van der Waals surface area (Å²) in [7, 11) is 0. The van der Waals surface area contributed by atoms with Crippen LogP contribution in [0, 0.1) is 24.5 Å². The molecular weight excluding hydrogens is 208 g/mol. The first-order valence-electron chi connectivity index (χ1n) is 5.67. The van der Waals surface area contributed by atoms with Gasteiger partial charge < -0.3 is 5.32 Å². The maximum atomic E-state index is 13.6. The van der Waals surface area contributed by atoms with Gasteiger partial charge in [-0.2, -0.15) is 0 Å². The van der Waals surface area contributed by atoms with E-state index >= 15 is 0 Å². The first-order chi connectivity index (χ1) is 7.45. The summed E-state index contributed by atoms with van der Waals surface area (Å²) in [5.74, 6) is -0.380. The number of nitrogens with one attached hydrogen (secondary N) is 1. The summed E-state index contributed by atoms with van der Waals surface area (Å²) < 4.78 is 26.9. The lowest BCUT2D eigenvalue weighted by Crippen LogP contribution is -2.25. The fraction of sp³-hybridized carbons (Fsp3) is 0.538. The van der Waals surface area contributed by atoms with Gasteiger partial charge in [0.05, 0.1) is 5.69 Å². The molecule has 1 nitrogen and oxygen atoms in total. The molecule has 0 aliphatic carbocycles. The van der Waals surface area contributed by atoms with E-state index in [4.69, 9.17) is 0 Å². The van der Waals surface area contributed by atoms with Crippen molar-refractivity contribution < 1.29 is 8.78 Å². The Labute approximate surface area is 95.9 Å². The van der Waals surface area contributed by atoms with Gasteiger partial charge in [-0.25, -0.2) is 8.78 Å². The van der Waals surface area contributed by atoms with E-state index in [0.717, 1.165) is 6.42 Å². The van der Waals surface area contributed by atoms with Gasteiger partial charge in [-0.1, -0.05) is 20.8 Å². The van der Waals surface area contributed by atoms with Crippen LogP contribution in [0.3, 0.4) is 0 Å². The highest BCUT2D eigenvalue weighted by molar-refractivity contribution is 5.47. The van der Waals surface area contributed by atoms with Crippen molar-refractivity contribution in [2.45, 2.75) is 40.2 Å². The lowest BCUT2D eigenvalue weighted by atomic mass is 10.0. The van der Waals surface area contributed by atoms with Crippen molar-refractivity contribution in [3.05, 3.63) is 29.3 Å². The van der Waals surface area contributed by atoms with E-state index in [2.05, 4.69) is 19.2 Å². The van der Waals surface area contributed by atoms with Gasteiger partial charge in [-0.3, -0.25) is 0 Å². The molecule has 0 bridgehead atoms. The van der Waals surface area contributed by atoms with Crippen molar-refractivity contribution in [3.8, 4) is 0 Å². The molecule has 0 saturated heterocycles. The van der Waals surface area contributed by atoms with Gasteiger partial charge in [-0.05, 0) is 30.9 Å². The molecule has 0 amide bonds. The summed E-state index contributed by atoms with van der Waals surface area (Å²) in [6, 6.07) is 2.62. The Balaban J connectivity index is 2.92. The molecular formula is C13H19F2N. The van der Waals surface area contributed by atoms with Gasteiger partial charge in [0.2, 0.25) is 0 Å². The molecule has 0 spiro atoms. The molecule has 0 aliphatic rings. The molecule has 0 radical (unpaired) electrons. The molecule has 1 aromatic carbocycles. The van der Waals surface area contributed by atoms with E-state index < -0.39 is 5.82 Å². The van der Waals surface area contributed by atoms with Gasteiger partial charge in [0.15, 0.2) is 0 Å². The summed E-state index contributed by atoms with van der Waals surface area (Å²) in [4.78, 5) is 0. The van der Waals surface area contributed by atoms with Crippen LogP contribution in [0.15, 0.2) is 12.1 Å². The van der Waals surface area contributed by atoms with Gasteiger partial charge in [-0.15, -0.1) is 0 Å². The van der Waals surface area contributed by atoms with Gasteiger partial charge in [0.25, 0.3) is 0 Å². The highest BCUT2D eigenvalue weighted by atomic mass is 19.1. The van der Waals surface area contributed by atoms with E-state index in [-0.39, 0.29) is 17.5 Å². The Morgan fingerprint density at radius 3 is 2.31 bits per heavy atom. The lowest BCUT2D eigenvalue weighted by Gasteiger charge is -2.22. The van der Waals surface area contributed by atoms with Crippen molar-refractivity contribution in [1.82, 2.24) is 0 Å². The number of halogens is 2. The van der Waals surface area contributed by atoms with E-state index in [0.29, 0.717) is 11.5 Å². The molecule has 1 atom stereocenters. The predicted molar refractivity (Wildman–Crippen MR) is 63.6 cm³/mol.